The fraction of sp³-hybridized carbons (Fsp3) is 0.250. The van der Waals surface area contributed by atoms with E-state index in [1.54, 1.807) is 24.3 Å². The molecule has 4 aromatic carbocycles. The Kier molecular flexibility index (Phi) is 9.86. The number of sulfonamides is 1. The van der Waals surface area contributed by atoms with E-state index in [2.05, 4.69) is 5.32 Å². The molecule has 0 heterocycles. The van der Waals surface area contributed by atoms with Crippen molar-refractivity contribution in [3.63, 3.8) is 0 Å². The quantitative estimate of drug-likeness (QED) is 0.264. The number of rotatable bonds is 12. The molecule has 0 aliphatic rings. The normalized spacial score (nSPS) is 12.3. The van der Waals surface area contributed by atoms with Gasteiger partial charge in [-0.3, -0.25) is 9.59 Å². The molecule has 0 saturated heterocycles. The molecule has 0 spiro atoms. The van der Waals surface area contributed by atoms with Crippen molar-refractivity contribution in [1.29, 1.82) is 0 Å². The lowest BCUT2D eigenvalue weighted by Gasteiger charge is -2.32. The molecule has 7 nitrogen and oxygen atoms in total. The Balaban J connectivity index is 1.65. The smallest absolute Gasteiger partial charge is 0.243 e. The zero-order valence-corrected chi connectivity index (χ0v) is 24.0. The van der Waals surface area contributed by atoms with Gasteiger partial charge in [-0.15, -0.1) is 0 Å². The third kappa shape index (κ3) is 7.56. The van der Waals surface area contributed by atoms with Gasteiger partial charge in [0.1, 0.15) is 11.9 Å². The maximum atomic E-state index is 13.9. The minimum atomic E-state index is -4.02. The molecule has 0 aromatic heterocycles. The van der Waals surface area contributed by atoms with Gasteiger partial charge in [0, 0.05) is 26.6 Å². The van der Waals surface area contributed by atoms with Crippen LogP contribution in [0, 0.1) is 5.82 Å². The highest BCUT2D eigenvalue weighted by Crippen LogP contribution is 2.22. The van der Waals surface area contributed by atoms with E-state index in [9.17, 15) is 22.4 Å². The molecular formula is C32H34FN3O4S. The Bertz CT molecular complexity index is 1590. The Morgan fingerprint density at radius 3 is 2.20 bits per heavy atom. The highest BCUT2D eigenvalue weighted by Gasteiger charge is 2.33. The van der Waals surface area contributed by atoms with Crippen molar-refractivity contribution in [1.82, 2.24) is 14.5 Å². The van der Waals surface area contributed by atoms with Gasteiger partial charge in [-0.2, -0.15) is 4.31 Å². The van der Waals surface area contributed by atoms with Crippen LogP contribution < -0.4 is 5.32 Å². The number of benzene rings is 4. The van der Waals surface area contributed by atoms with Crippen LogP contribution in [0.15, 0.2) is 102 Å². The number of carbonyl (C=O) groups excluding carboxylic acids is 2. The molecule has 0 bridgehead atoms. The number of hydrogen-bond acceptors (Lipinski definition) is 4. The van der Waals surface area contributed by atoms with Crippen molar-refractivity contribution in [2.24, 2.45) is 0 Å². The van der Waals surface area contributed by atoms with Crippen molar-refractivity contribution in [3.05, 3.63) is 114 Å². The first-order valence-electron chi connectivity index (χ1n) is 13.5. The SMILES string of the molecule is CCCNC(=O)[C@H](Cc1ccccc1)N(Cc1ccc(F)cc1)C(=O)CN(C)S(=O)(=O)c1ccc2ccccc2c1. The predicted octanol–water partition coefficient (Wildman–Crippen LogP) is 4.77. The van der Waals surface area contributed by atoms with Gasteiger partial charge < -0.3 is 10.2 Å². The molecule has 214 valence electrons. The number of amides is 2. The van der Waals surface area contributed by atoms with Crippen molar-refractivity contribution in [3.8, 4) is 0 Å². The monoisotopic (exact) mass is 575 g/mol. The summed E-state index contributed by atoms with van der Waals surface area (Å²) in [7, 11) is -2.67. The van der Waals surface area contributed by atoms with Gasteiger partial charge >= 0.3 is 0 Å². The summed E-state index contributed by atoms with van der Waals surface area (Å²) < 4.78 is 41.6. The lowest BCUT2D eigenvalue weighted by molar-refractivity contribution is -0.141. The lowest BCUT2D eigenvalue weighted by atomic mass is 10.0. The highest BCUT2D eigenvalue weighted by atomic mass is 32.2. The first kappa shape index (κ1) is 29.9. The highest BCUT2D eigenvalue weighted by molar-refractivity contribution is 7.89. The molecule has 4 aromatic rings. The number of halogens is 1. The summed E-state index contributed by atoms with van der Waals surface area (Å²) in [5, 5.41) is 4.55. The number of nitrogens with one attached hydrogen (secondary N) is 1. The number of fused-ring (bicyclic) bond motifs is 1. The second-order valence-corrected chi connectivity index (χ2v) is 12.0. The summed E-state index contributed by atoms with van der Waals surface area (Å²) >= 11 is 0. The van der Waals surface area contributed by atoms with E-state index in [-0.39, 0.29) is 23.8 Å². The Morgan fingerprint density at radius 1 is 0.854 bits per heavy atom. The molecular weight excluding hydrogens is 541 g/mol. The number of nitrogens with zero attached hydrogens (tertiary/aromatic N) is 2. The average Bonchev–Trinajstić information content (AvgIpc) is 2.98. The zero-order valence-electron chi connectivity index (χ0n) is 23.2. The van der Waals surface area contributed by atoms with E-state index in [0.717, 1.165) is 20.6 Å². The van der Waals surface area contributed by atoms with Gasteiger partial charge in [-0.25, -0.2) is 12.8 Å². The van der Waals surface area contributed by atoms with Gasteiger partial charge in [0.05, 0.1) is 11.4 Å². The van der Waals surface area contributed by atoms with Crippen LogP contribution in [-0.4, -0.2) is 55.6 Å². The molecule has 0 fully saturated rings. The van der Waals surface area contributed by atoms with E-state index in [4.69, 9.17) is 0 Å². The van der Waals surface area contributed by atoms with E-state index in [1.807, 2.05) is 61.5 Å². The minimum absolute atomic E-state index is 0.0000206. The van der Waals surface area contributed by atoms with Gasteiger partial charge in [0.15, 0.2) is 0 Å². The van der Waals surface area contributed by atoms with Gasteiger partial charge in [-0.1, -0.05) is 79.7 Å². The van der Waals surface area contributed by atoms with Crippen molar-refractivity contribution >= 4 is 32.6 Å². The maximum Gasteiger partial charge on any atom is 0.243 e. The summed E-state index contributed by atoms with van der Waals surface area (Å²) in [5.74, 6) is -1.31. The molecule has 0 aliphatic heterocycles. The molecule has 2 amide bonds. The Morgan fingerprint density at radius 2 is 1.51 bits per heavy atom. The van der Waals surface area contributed by atoms with Crippen LogP contribution in [-0.2, 0) is 32.6 Å². The fourth-order valence-corrected chi connectivity index (χ4v) is 5.74. The Hall–Kier alpha value is -4.08. The standard InChI is InChI=1S/C32H34FN3O4S/c1-3-19-34-32(38)30(20-24-9-5-4-6-10-24)36(22-25-13-16-28(33)17-14-25)31(37)23-35(2)41(39,40)29-18-15-26-11-7-8-12-27(26)21-29/h4-18,21,30H,3,19-20,22-23H2,1-2H3,(H,34,38)/t30-/m0/s1. The maximum absolute atomic E-state index is 13.9. The summed E-state index contributed by atoms with van der Waals surface area (Å²) in [5.41, 5.74) is 1.46. The third-order valence-electron chi connectivity index (χ3n) is 6.87. The largest absolute Gasteiger partial charge is 0.354 e. The molecule has 0 unspecified atom stereocenters. The fourth-order valence-electron chi connectivity index (χ4n) is 4.58. The van der Waals surface area contributed by atoms with Crippen LogP contribution in [0.1, 0.15) is 24.5 Å². The third-order valence-corrected chi connectivity index (χ3v) is 8.67. The summed E-state index contributed by atoms with van der Waals surface area (Å²) in [6.07, 6.45) is 0.937. The van der Waals surface area contributed by atoms with Crippen LogP contribution in [0.25, 0.3) is 10.8 Å². The van der Waals surface area contributed by atoms with Crippen molar-refractivity contribution in [2.75, 3.05) is 20.1 Å². The van der Waals surface area contributed by atoms with Crippen molar-refractivity contribution < 1.29 is 22.4 Å². The first-order chi connectivity index (χ1) is 19.7. The van der Waals surface area contributed by atoms with Crippen LogP contribution in [0.2, 0.25) is 0 Å². The number of hydrogen-bond donors (Lipinski definition) is 1. The number of carbonyl (C=O) groups is 2. The number of likely N-dealkylation sites (N-methyl/N-ethyl adjacent to an activating group) is 1. The van der Waals surface area contributed by atoms with Crippen molar-refractivity contribution in [2.45, 2.75) is 37.2 Å². The molecule has 41 heavy (non-hydrogen) atoms. The first-order valence-corrected chi connectivity index (χ1v) is 14.9. The molecule has 9 heteroatoms. The summed E-state index contributed by atoms with van der Waals surface area (Å²) in [6.45, 7) is 1.88. The van der Waals surface area contributed by atoms with Crippen LogP contribution in [0.3, 0.4) is 0 Å². The van der Waals surface area contributed by atoms with Crippen LogP contribution in [0.5, 0.6) is 0 Å². The molecule has 0 saturated carbocycles. The molecule has 4 rings (SSSR count). The summed E-state index contributed by atoms with van der Waals surface area (Å²) in [4.78, 5) is 28.8. The van der Waals surface area contributed by atoms with Crippen LogP contribution >= 0.6 is 0 Å². The van der Waals surface area contributed by atoms with E-state index in [0.29, 0.717) is 18.5 Å². The molecule has 0 radical (unpaired) electrons. The van der Waals surface area contributed by atoms with E-state index < -0.39 is 34.3 Å². The molecule has 0 aliphatic carbocycles. The summed E-state index contributed by atoms with van der Waals surface area (Å²) in [6, 6.07) is 26.3. The van der Waals surface area contributed by atoms with E-state index >= 15 is 0 Å². The van der Waals surface area contributed by atoms with Gasteiger partial charge in [0.2, 0.25) is 21.8 Å². The lowest BCUT2D eigenvalue weighted by Crippen LogP contribution is -2.53. The molecule has 1 N–H and O–H groups in total. The van der Waals surface area contributed by atoms with Gasteiger partial charge in [-0.05, 0) is 52.6 Å². The second-order valence-electron chi connectivity index (χ2n) is 9.91. The minimum Gasteiger partial charge on any atom is -0.354 e. The molecule has 1 atom stereocenters. The Labute approximate surface area is 240 Å². The van der Waals surface area contributed by atoms with Gasteiger partial charge in [0.25, 0.3) is 0 Å². The average molecular weight is 576 g/mol. The topological polar surface area (TPSA) is 86.8 Å². The van der Waals surface area contributed by atoms with E-state index in [1.165, 1.54) is 30.1 Å². The van der Waals surface area contributed by atoms with Crippen LogP contribution in [0.4, 0.5) is 4.39 Å². The predicted molar refractivity (Wildman–Crippen MR) is 158 cm³/mol. The zero-order chi connectivity index (χ0) is 29.4. The second kappa shape index (κ2) is 13.5.